The molecule has 0 aliphatic rings. The number of aromatic nitrogens is 3. The van der Waals surface area contributed by atoms with E-state index in [1.165, 1.54) is 30.3 Å². The van der Waals surface area contributed by atoms with Gasteiger partial charge in [-0.1, -0.05) is 18.1 Å². The number of primary sulfonamides is 1. The van der Waals surface area contributed by atoms with Crippen molar-refractivity contribution in [3.63, 3.8) is 0 Å². The van der Waals surface area contributed by atoms with Crippen LogP contribution in [0.1, 0.15) is 28.9 Å². The summed E-state index contributed by atoms with van der Waals surface area (Å²) in [7, 11) is -3.85. The van der Waals surface area contributed by atoms with Crippen molar-refractivity contribution in [1.29, 1.82) is 0 Å². The van der Waals surface area contributed by atoms with Gasteiger partial charge in [0, 0.05) is 17.2 Å². The summed E-state index contributed by atoms with van der Waals surface area (Å²) in [5.41, 5.74) is -0.542. The molecule has 2 heterocycles. The molecular formula is C22H13F5N4O2S. The molecule has 12 heteroatoms. The Morgan fingerprint density at radius 3 is 2.15 bits per heavy atom. The van der Waals surface area contributed by atoms with Crippen LogP contribution in [0.4, 0.5) is 22.0 Å². The standard InChI is InChI=1S/C22H13F5N4O2S/c23-21(24)19-12-18(14-4-6-15(7-5-14)22(25,26)27)29-20-11-16(30-31(19)20)8-1-13-2-9-17(10-3-13)34(28,32)33/h2-7,9-12,21H,(H2,28,32,33). The van der Waals surface area contributed by atoms with Crippen molar-refractivity contribution < 1.29 is 30.4 Å². The van der Waals surface area contributed by atoms with Crippen molar-refractivity contribution in [2.75, 3.05) is 0 Å². The first kappa shape index (κ1) is 23.3. The molecular weight excluding hydrogens is 479 g/mol. The summed E-state index contributed by atoms with van der Waals surface area (Å²) in [5.74, 6) is 5.42. The number of rotatable bonds is 3. The third kappa shape index (κ3) is 4.90. The monoisotopic (exact) mass is 492 g/mol. The zero-order chi connectivity index (χ0) is 24.7. The van der Waals surface area contributed by atoms with E-state index in [-0.39, 0.29) is 27.5 Å². The van der Waals surface area contributed by atoms with Crippen LogP contribution in [0.25, 0.3) is 16.9 Å². The van der Waals surface area contributed by atoms with Gasteiger partial charge in [0.1, 0.15) is 11.4 Å². The van der Waals surface area contributed by atoms with Gasteiger partial charge >= 0.3 is 6.18 Å². The molecule has 0 spiro atoms. The lowest BCUT2D eigenvalue weighted by Crippen LogP contribution is -2.11. The number of hydrogen-bond acceptors (Lipinski definition) is 4. The van der Waals surface area contributed by atoms with Crippen molar-refractivity contribution in [3.05, 3.63) is 83.2 Å². The van der Waals surface area contributed by atoms with Crippen LogP contribution < -0.4 is 5.14 Å². The Hall–Kier alpha value is -3.82. The molecule has 2 aromatic heterocycles. The van der Waals surface area contributed by atoms with E-state index in [1.54, 1.807) is 0 Å². The SMILES string of the molecule is NS(=O)(=O)c1ccc(C#Cc2cc3nc(-c4ccc(C(F)(F)F)cc4)cc(C(F)F)n3n2)cc1. The molecule has 0 radical (unpaired) electrons. The lowest BCUT2D eigenvalue weighted by molar-refractivity contribution is -0.137. The quantitative estimate of drug-likeness (QED) is 0.339. The molecule has 0 bridgehead atoms. The maximum atomic E-state index is 13.7. The van der Waals surface area contributed by atoms with E-state index in [2.05, 4.69) is 21.9 Å². The second-order valence-electron chi connectivity index (χ2n) is 7.06. The van der Waals surface area contributed by atoms with Gasteiger partial charge in [-0.15, -0.1) is 0 Å². The summed E-state index contributed by atoms with van der Waals surface area (Å²) in [4.78, 5) is 4.14. The van der Waals surface area contributed by atoms with Crippen molar-refractivity contribution in [3.8, 4) is 23.1 Å². The first-order valence-corrected chi connectivity index (χ1v) is 11.0. The van der Waals surface area contributed by atoms with E-state index >= 15 is 0 Å². The first-order chi connectivity index (χ1) is 15.9. The number of hydrogen-bond donors (Lipinski definition) is 1. The minimum Gasteiger partial charge on any atom is -0.228 e. The topological polar surface area (TPSA) is 90.4 Å². The van der Waals surface area contributed by atoms with Crippen molar-refractivity contribution >= 4 is 15.7 Å². The molecule has 0 fully saturated rings. The summed E-state index contributed by atoms with van der Waals surface area (Å²) < 4.78 is 89.3. The highest BCUT2D eigenvalue weighted by atomic mass is 32.2. The molecule has 0 aliphatic carbocycles. The van der Waals surface area contributed by atoms with Gasteiger partial charge in [0.2, 0.25) is 10.0 Å². The molecule has 6 nitrogen and oxygen atoms in total. The molecule has 0 saturated heterocycles. The first-order valence-electron chi connectivity index (χ1n) is 9.43. The molecule has 0 amide bonds. The highest BCUT2D eigenvalue weighted by Crippen LogP contribution is 2.31. The Kier molecular flexibility index (Phi) is 5.84. The third-order valence-corrected chi connectivity index (χ3v) is 5.63. The van der Waals surface area contributed by atoms with Crippen LogP contribution in [0.5, 0.6) is 0 Å². The van der Waals surface area contributed by atoms with Crippen LogP contribution in [-0.2, 0) is 16.2 Å². The van der Waals surface area contributed by atoms with Crippen LogP contribution in [-0.4, -0.2) is 23.0 Å². The highest BCUT2D eigenvalue weighted by Gasteiger charge is 2.30. The number of halogens is 5. The molecule has 34 heavy (non-hydrogen) atoms. The smallest absolute Gasteiger partial charge is 0.228 e. The number of sulfonamides is 1. The second-order valence-corrected chi connectivity index (χ2v) is 8.62. The van der Waals surface area contributed by atoms with Gasteiger partial charge in [-0.05, 0) is 48.4 Å². The van der Waals surface area contributed by atoms with Gasteiger partial charge in [-0.3, -0.25) is 0 Å². The lowest BCUT2D eigenvalue weighted by atomic mass is 10.1. The van der Waals surface area contributed by atoms with Crippen molar-refractivity contribution in [1.82, 2.24) is 14.6 Å². The Morgan fingerprint density at radius 2 is 1.59 bits per heavy atom. The zero-order valence-electron chi connectivity index (χ0n) is 16.9. The number of nitrogens with zero attached hydrogens (tertiary/aromatic N) is 3. The Morgan fingerprint density at radius 1 is 0.941 bits per heavy atom. The normalized spacial score (nSPS) is 12.1. The van der Waals surface area contributed by atoms with E-state index in [9.17, 15) is 30.4 Å². The van der Waals surface area contributed by atoms with Gasteiger partial charge < -0.3 is 0 Å². The van der Waals surface area contributed by atoms with E-state index in [1.807, 2.05) is 0 Å². The maximum Gasteiger partial charge on any atom is 0.416 e. The zero-order valence-corrected chi connectivity index (χ0v) is 17.7. The predicted molar refractivity (Wildman–Crippen MR) is 112 cm³/mol. The van der Waals surface area contributed by atoms with Crippen molar-refractivity contribution in [2.45, 2.75) is 17.5 Å². The fraction of sp³-hybridized carbons (Fsp3) is 0.0909. The minimum absolute atomic E-state index is 0.0292. The fourth-order valence-electron chi connectivity index (χ4n) is 3.06. The van der Waals surface area contributed by atoms with Crippen LogP contribution >= 0.6 is 0 Å². The summed E-state index contributed by atoms with van der Waals surface area (Å²) in [5, 5.41) is 9.06. The van der Waals surface area contributed by atoms with Crippen molar-refractivity contribution in [2.24, 2.45) is 5.14 Å². The number of alkyl halides is 5. The molecule has 4 aromatic rings. The van der Waals surface area contributed by atoms with Crippen LogP contribution in [0.15, 0.2) is 65.6 Å². The van der Waals surface area contributed by atoms with Crippen LogP contribution in [0, 0.1) is 11.8 Å². The third-order valence-electron chi connectivity index (χ3n) is 4.70. The maximum absolute atomic E-state index is 13.7. The molecule has 0 saturated carbocycles. The van der Waals surface area contributed by atoms with Crippen LogP contribution in [0.2, 0.25) is 0 Å². The summed E-state index contributed by atoms with van der Waals surface area (Å²) in [6.45, 7) is 0. The number of fused-ring (bicyclic) bond motifs is 1. The molecule has 174 valence electrons. The van der Waals surface area contributed by atoms with E-state index in [0.717, 1.165) is 34.8 Å². The van der Waals surface area contributed by atoms with Gasteiger partial charge in [0.05, 0.1) is 16.2 Å². The summed E-state index contributed by atoms with van der Waals surface area (Å²) in [6.07, 6.45) is -7.47. The average molecular weight is 492 g/mol. The molecule has 4 rings (SSSR count). The largest absolute Gasteiger partial charge is 0.416 e. The average Bonchev–Trinajstić information content (AvgIpc) is 3.19. The van der Waals surface area contributed by atoms with Gasteiger partial charge in [0.15, 0.2) is 5.65 Å². The molecule has 2 aromatic carbocycles. The summed E-state index contributed by atoms with van der Waals surface area (Å²) in [6, 6.07) is 11.8. The molecule has 2 N–H and O–H groups in total. The Balaban J connectivity index is 1.71. The summed E-state index contributed by atoms with van der Waals surface area (Å²) >= 11 is 0. The van der Waals surface area contributed by atoms with E-state index < -0.39 is 33.9 Å². The molecule has 0 aliphatic heterocycles. The Labute approximate surface area is 189 Å². The van der Waals surface area contributed by atoms with Gasteiger partial charge in [-0.25, -0.2) is 31.8 Å². The van der Waals surface area contributed by atoms with E-state index in [4.69, 9.17) is 5.14 Å². The lowest BCUT2D eigenvalue weighted by Gasteiger charge is -2.09. The molecule has 0 unspecified atom stereocenters. The van der Waals surface area contributed by atoms with Gasteiger partial charge in [0.25, 0.3) is 6.43 Å². The van der Waals surface area contributed by atoms with Gasteiger partial charge in [-0.2, -0.15) is 18.3 Å². The number of nitrogens with two attached hydrogens (primary N) is 1. The molecule has 0 atom stereocenters. The van der Waals surface area contributed by atoms with Crippen LogP contribution in [0.3, 0.4) is 0 Å². The Bertz CT molecular complexity index is 1530. The highest BCUT2D eigenvalue weighted by molar-refractivity contribution is 7.89. The minimum atomic E-state index is -4.53. The fourth-order valence-corrected chi connectivity index (χ4v) is 3.57. The number of benzene rings is 2. The predicted octanol–water partition coefficient (Wildman–Crippen LogP) is 4.40. The van der Waals surface area contributed by atoms with E-state index in [0.29, 0.717) is 5.56 Å². The second kappa shape index (κ2) is 8.51.